The Morgan fingerprint density at radius 3 is 2.69 bits per heavy atom. The van der Waals surface area contributed by atoms with Gasteiger partial charge in [0, 0.05) is 5.56 Å². The van der Waals surface area contributed by atoms with Crippen LogP contribution in [0.2, 0.25) is 0 Å². The summed E-state index contributed by atoms with van der Waals surface area (Å²) in [5.74, 6) is 0.0319. The summed E-state index contributed by atoms with van der Waals surface area (Å²) < 4.78 is 5.26. The van der Waals surface area contributed by atoms with E-state index >= 15 is 0 Å². The molecule has 2 nitrogen and oxygen atoms in total. The van der Waals surface area contributed by atoms with Crippen molar-refractivity contribution in [3.63, 3.8) is 0 Å². The molecule has 0 aliphatic heterocycles. The van der Waals surface area contributed by atoms with E-state index in [1.54, 1.807) is 12.1 Å². The molecule has 0 radical (unpaired) electrons. The number of unbranched alkanes of at least 4 members (excludes halogenated alkanes) is 1. The van der Waals surface area contributed by atoms with Crippen LogP contribution in [0.15, 0.2) is 42.5 Å². The molecular formula is C14H18O2. The van der Waals surface area contributed by atoms with Crippen LogP contribution in [0.3, 0.4) is 0 Å². The molecule has 0 aliphatic carbocycles. The molecule has 0 amide bonds. The van der Waals surface area contributed by atoms with Gasteiger partial charge in [-0.05, 0) is 6.42 Å². The summed E-state index contributed by atoms with van der Waals surface area (Å²) in [5, 5.41) is 0. The van der Waals surface area contributed by atoms with Crippen LogP contribution in [0.5, 0.6) is 0 Å². The lowest BCUT2D eigenvalue weighted by molar-refractivity contribution is 0.0806. The van der Waals surface area contributed by atoms with Gasteiger partial charge >= 0.3 is 0 Å². The van der Waals surface area contributed by atoms with E-state index in [-0.39, 0.29) is 12.4 Å². The SMILES string of the molecule is CCC/C=C/COCC(=O)c1ccccc1. The first kappa shape index (κ1) is 12.7. The van der Waals surface area contributed by atoms with Crippen molar-refractivity contribution < 1.29 is 9.53 Å². The van der Waals surface area contributed by atoms with Crippen LogP contribution in [-0.4, -0.2) is 19.0 Å². The first-order valence-corrected chi connectivity index (χ1v) is 5.65. The third-order valence-corrected chi connectivity index (χ3v) is 2.17. The number of allylic oxidation sites excluding steroid dienone is 1. The highest BCUT2D eigenvalue weighted by Gasteiger charge is 2.03. The van der Waals surface area contributed by atoms with Crippen molar-refractivity contribution in [1.82, 2.24) is 0 Å². The van der Waals surface area contributed by atoms with E-state index in [2.05, 4.69) is 13.0 Å². The summed E-state index contributed by atoms with van der Waals surface area (Å²) in [6.45, 7) is 2.79. The zero-order chi connectivity index (χ0) is 11.6. The molecule has 0 aromatic heterocycles. The van der Waals surface area contributed by atoms with Crippen molar-refractivity contribution in [2.24, 2.45) is 0 Å². The molecule has 0 saturated heterocycles. The average Bonchev–Trinajstić information content (AvgIpc) is 2.34. The van der Waals surface area contributed by atoms with Gasteiger partial charge in [0.05, 0.1) is 6.61 Å². The Labute approximate surface area is 96.9 Å². The highest BCUT2D eigenvalue weighted by atomic mass is 16.5. The number of hydrogen-bond donors (Lipinski definition) is 0. The predicted octanol–water partition coefficient (Wildman–Crippen LogP) is 3.24. The van der Waals surface area contributed by atoms with Crippen LogP contribution in [0.25, 0.3) is 0 Å². The lowest BCUT2D eigenvalue weighted by atomic mass is 10.1. The van der Waals surface area contributed by atoms with Gasteiger partial charge in [-0.25, -0.2) is 0 Å². The molecule has 1 rings (SSSR count). The quantitative estimate of drug-likeness (QED) is 0.399. The minimum Gasteiger partial charge on any atom is -0.369 e. The fourth-order valence-electron chi connectivity index (χ4n) is 1.28. The van der Waals surface area contributed by atoms with Crippen molar-refractivity contribution in [2.45, 2.75) is 19.8 Å². The normalized spacial score (nSPS) is 10.8. The Kier molecular flexibility index (Phi) is 6.19. The largest absolute Gasteiger partial charge is 0.369 e. The molecular weight excluding hydrogens is 200 g/mol. The first-order valence-electron chi connectivity index (χ1n) is 5.65. The van der Waals surface area contributed by atoms with Gasteiger partial charge in [-0.3, -0.25) is 4.79 Å². The molecule has 0 fully saturated rings. The standard InChI is InChI=1S/C14H18O2/c1-2-3-4-8-11-16-12-14(15)13-9-6-5-7-10-13/h4-10H,2-3,11-12H2,1H3/b8-4+. The van der Waals surface area contributed by atoms with Crippen LogP contribution >= 0.6 is 0 Å². The molecule has 86 valence electrons. The topological polar surface area (TPSA) is 26.3 Å². The fraction of sp³-hybridized carbons (Fsp3) is 0.357. The van der Waals surface area contributed by atoms with Crippen molar-refractivity contribution in [3.8, 4) is 0 Å². The maximum absolute atomic E-state index is 11.6. The van der Waals surface area contributed by atoms with Crippen molar-refractivity contribution >= 4 is 5.78 Å². The maximum atomic E-state index is 11.6. The number of ketones is 1. The molecule has 1 aromatic carbocycles. The van der Waals surface area contributed by atoms with Crippen LogP contribution in [-0.2, 0) is 4.74 Å². The first-order chi connectivity index (χ1) is 7.84. The molecule has 0 spiro atoms. The van der Waals surface area contributed by atoms with Gasteiger partial charge in [0.2, 0.25) is 0 Å². The Balaban J connectivity index is 2.21. The molecule has 0 aliphatic rings. The molecule has 2 heteroatoms. The molecule has 0 saturated carbocycles. The number of hydrogen-bond acceptors (Lipinski definition) is 2. The van der Waals surface area contributed by atoms with E-state index in [4.69, 9.17) is 4.74 Å². The summed E-state index contributed by atoms with van der Waals surface area (Å²) >= 11 is 0. The van der Waals surface area contributed by atoms with Crippen molar-refractivity contribution in [3.05, 3.63) is 48.0 Å². The molecule has 0 N–H and O–H groups in total. The summed E-state index contributed by atoms with van der Waals surface area (Å²) in [4.78, 5) is 11.6. The van der Waals surface area contributed by atoms with E-state index in [1.165, 1.54) is 0 Å². The third-order valence-electron chi connectivity index (χ3n) is 2.17. The maximum Gasteiger partial charge on any atom is 0.188 e. The molecule has 0 unspecified atom stereocenters. The summed E-state index contributed by atoms with van der Waals surface area (Å²) in [6.07, 6.45) is 6.24. The number of Topliss-reactive ketones (excluding diaryl/α,β-unsaturated/α-hetero) is 1. The van der Waals surface area contributed by atoms with Gasteiger partial charge in [0.1, 0.15) is 6.61 Å². The van der Waals surface area contributed by atoms with Crippen LogP contribution in [0.1, 0.15) is 30.1 Å². The van der Waals surface area contributed by atoms with Gasteiger partial charge < -0.3 is 4.74 Å². The Bertz CT molecular complexity index is 328. The van der Waals surface area contributed by atoms with E-state index in [9.17, 15) is 4.79 Å². The Hall–Kier alpha value is -1.41. The van der Waals surface area contributed by atoms with E-state index in [0.717, 1.165) is 12.8 Å². The highest BCUT2D eigenvalue weighted by molar-refractivity contribution is 5.96. The third kappa shape index (κ3) is 4.89. The summed E-state index contributed by atoms with van der Waals surface area (Å²) in [7, 11) is 0. The van der Waals surface area contributed by atoms with Crippen LogP contribution < -0.4 is 0 Å². The second kappa shape index (κ2) is 7.83. The molecule has 16 heavy (non-hydrogen) atoms. The number of rotatable bonds is 7. The zero-order valence-corrected chi connectivity index (χ0v) is 9.69. The zero-order valence-electron chi connectivity index (χ0n) is 9.69. The molecule has 0 bridgehead atoms. The monoisotopic (exact) mass is 218 g/mol. The van der Waals surface area contributed by atoms with Gasteiger partial charge in [-0.15, -0.1) is 0 Å². The van der Waals surface area contributed by atoms with E-state index < -0.39 is 0 Å². The number of ether oxygens (including phenoxy) is 1. The highest BCUT2D eigenvalue weighted by Crippen LogP contribution is 2.00. The minimum absolute atomic E-state index is 0.0319. The lowest BCUT2D eigenvalue weighted by Gasteiger charge is -2.00. The number of carbonyl (C=O) groups excluding carboxylic acids is 1. The Morgan fingerprint density at radius 1 is 1.25 bits per heavy atom. The van der Waals surface area contributed by atoms with Crippen LogP contribution in [0.4, 0.5) is 0 Å². The van der Waals surface area contributed by atoms with Gasteiger partial charge in [0.25, 0.3) is 0 Å². The summed E-state index contributed by atoms with van der Waals surface area (Å²) in [5.41, 5.74) is 0.708. The fourth-order valence-corrected chi connectivity index (χ4v) is 1.28. The van der Waals surface area contributed by atoms with Gasteiger partial charge in [0.15, 0.2) is 5.78 Å². The summed E-state index contributed by atoms with van der Waals surface area (Å²) in [6, 6.07) is 9.21. The molecule has 0 heterocycles. The lowest BCUT2D eigenvalue weighted by Crippen LogP contribution is -2.08. The second-order valence-electron chi connectivity index (χ2n) is 3.56. The van der Waals surface area contributed by atoms with E-state index in [0.29, 0.717) is 12.2 Å². The number of carbonyl (C=O) groups is 1. The van der Waals surface area contributed by atoms with Crippen LogP contribution in [0, 0.1) is 0 Å². The molecule has 0 atom stereocenters. The predicted molar refractivity (Wildman–Crippen MR) is 65.6 cm³/mol. The van der Waals surface area contributed by atoms with Gasteiger partial charge in [-0.1, -0.05) is 55.8 Å². The average molecular weight is 218 g/mol. The van der Waals surface area contributed by atoms with Crippen molar-refractivity contribution in [1.29, 1.82) is 0 Å². The second-order valence-corrected chi connectivity index (χ2v) is 3.56. The number of benzene rings is 1. The smallest absolute Gasteiger partial charge is 0.188 e. The van der Waals surface area contributed by atoms with E-state index in [1.807, 2.05) is 24.3 Å². The molecule has 1 aromatic rings. The Morgan fingerprint density at radius 2 is 2.00 bits per heavy atom. The van der Waals surface area contributed by atoms with Gasteiger partial charge in [-0.2, -0.15) is 0 Å². The van der Waals surface area contributed by atoms with Crippen molar-refractivity contribution in [2.75, 3.05) is 13.2 Å². The minimum atomic E-state index is 0.0319.